The second-order valence-electron chi connectivity index (χ2n) is 3.14. The molecular formula is C11H11N3O. The van der Waals surface area contributed by atoms with Crippen LogP contribution in [0.4, 0.5) is 5.69 Å². The fourth-order valence-electron chi connectivity index (χ4n) is 1.11. The molecule has 76 valence electrons. The Labute approximate surface area is 87.7 Å². The first-order valence-electron chi connectivity index (χ1n) is 4.56. The number of nitrogens with two attached hydrogens (primary N) is 1. The summed E-state index contributed by atoms with van der Waals surface area (Å²) in [7, 11) is 0. The van der Waals surface area contributed by atoms with Gasteiger partial charge in [-0.3, -0.25) is 0 Å². The molecule has 0 aliphatic carbocycles. The zero-order valence-corrected chi connectivity index (χ0v) is 8.34. The van der Waals surface area contributed by atoms with Crippen molar-refractivity contribution in [3.05, 3.63) is 42.5 Å². The first-order chi connectivity index (χ1) is 7.24. The standard InChI is InChI=1S/C11H11N3O/c1-8-13-6-11(7-14-8)15-10-4-2-9(12)3-5-10/h2-7H,12H2,1H3. The molecule has 0 fully saturated rings. The maximum absolute atomic E-state index is 5.56. The van der Waals surface area contributed by atoms with Crippen molar-refractivity contribution in [2.45, 2.75) is 6.92 Å². The van der Waals surface area contributed by atoms with Crippen LogP contribution in [0.3, 0.4) is 0 Å². The summed E-state index contributed by atoms with van der Waals surface area (Å²) in [5, 5.41) is 0. The van der Waals surface area contributed by atoms with Gasteiger partial charge in [-0.25, -0.2) is 9.97 Å². The second kappa shape index (κ2) is 3.96. The van der Waals surface area contributed by atoms with Crippen LogP contribution in [0.15, 0.2) is 36.7 Å². The molecule has 0 aliphatic heterocycles. The molecule has 2 aromatic rings. The van der Waals surface area contributed by atoms with Crippen molar-refractivity contribution in [2.24, 2.45) is 0 Å². The van der Waals surface area contributed by atoms with Gasteiger partial charge < -0.3 is 10.5 Å². The van der Waals surface area contributed by atoms with Gasteiger partial charge in [0.1, 0.15) is 11.6 Å². The van der Waals surface area contributed by atoms with Crippen molar-refractivity contribution in [3.8, 4) is 11.5 Å². The minimum Gasteiger partial charge on any atom is -0.454 e. The Bertz CT molecular complexity index is 393. The minimum absolute atomic E-state index is 0.616. The number of hydrogen-bond acceptors (Lipinski definition) is 4. The molecule has 0 amide bonds. The van der Waals surface area contributed by atoms with Gasteiger partial charge in [0.2, 0.25) is 0 Å². The Balaban J connectivity index is 2.15. The first kappa shape index (κ1) is 9.45. The molecule has 1 heterocycles. The average molecular weight is 201 g/mol. The monoisotopic (exact) mass is 201 g/mol. The number of aryl methyl sites for hydroxylation is 1. The number of anilines is 1. The summed E-state index contributed by atoms with van der Waals surface area (Å²) < 4.78 is 5.51. The summed E-state index contributed by atoms with van der Waals surface area (Å²) in [6.07, 6.45) is 3.28. The highest BCUT2D eigenvalue weighted by Gasteiger charge is 1.97. The number of benzene rings is 1. The van der Waals surface area contributed by atoms with E-state index in [-0.39, 0.29) is 0 Å². The van der Waals surface area contributed by atoms with E-state index >= 15 is 0 Å². The third-order valence-corrected chi connectivity index (χ3v) is 1.87. The van der Waals surface area contributed by atoms with E-state index in [4.69, 9.17) is 10.5 Å². The molecule has 0 aliphatic rings. The Hall–Kier alpha value is -2.10. The molecule has 15 heavy (non-hydrogen) atoms. The molecule has 0 spiro atoms. The summed E-state index contributed by atoms with van der Waals surface area (Å²) in [6.45, 7) is 1.83. The van der Waals surface area contributed by atoms with Gasteiger partial charge in [0.25, 0.3) is 0 Å². The van der Waals surface area contributed by atoms with Crippen molar-refractivity contribution in [1.82, 2.24) is 9.97 Å². The lowest BCUT2D eigenvalue weighted by Gasteiger charge is -2.04. The Morgan fingerprint density at radius 3 is 2.20 bits per heavy atom. The van der Waals surface area contributed by atoms with Crippen molar-refractivity contribution in [1.29, 1.82) is 0 Å². The number of aromatic nitrogens is 2. The molecule has 2 rings (SSSR count). The summed E-state index contributed by atoms with van der Waals surface area (Å²) in [4.78, 5) is 8.06. The summed E-state index contributed by atoms with van der Waals surface area (Å²) in [5.41, 5.74) is 6.27. The average Bonchev–Trinajstić information content (AvgIpc) is 2.25. The van der Waals surface area contributed by atoms with Gasteiger partial charge in [-0.1, -0.05) is 0 Å². The molecule has 0 unspecified atom stereocenters. The molecule has 2 N–H and O–H groups in total. The van der Waals surface area contributed by atoms with Crippen LogP contribution in [-0.4, -0.2) is 9.97 Å². The molecule has 4 heteroatoms. The molecule has 0 bridgehead atoms. The van der Waals surface area contributed by atoms with Gasteiger partial charge in [0, 0.05) is 5.69 Å². The van der Waals surface area contributed by atoms with Gasteiger partial charge in [-0.05, 0) is 31.2 Å². The lowest BCUT2D eigenvalue weighted by atomic mass is 10.3. The third kappa shape index (κ3) is 2.43. The fraction of sp³-hybridized carbons (Fsp3) is 0.0909. The van der Waals surface area contributed by atoms with Gasteiger partial charge >= 0.3 is 0 Å². The SMILES string of the molecule is Cc1ncc(Oc2ccc(N)cc2)cn1. The molecule has 0 saturated heterocycles. The molecule has 1 aromatic carbocycles. The van der Waals surface area contributed by atoms with E-state index in [0.29, 0.717) is 11.4 Å². The van der Waals surface area contributed by atoms with E-state index in [1.807, 2.05) is 6.92 Å². The van der Waals surface area contributed by atoms with Crippen LogP contribution < -0.4 is 10.5 Å². The van der Waals surface area contributed by atoms with Crippen molar-refractivity contribution >= 4 is 5.69 Å². The molecule has 0 atom stereocenters. The smallest absolute Gasteiger partial charge is 0.164 e. The number of ether oxygens (including phenoxy) is 1. The van der Waals surface area contributed by atoms with Crippen LogP contribution in [0.5, 0.6) is 11.5 Å². The van der Waals surface area contributed by atoms with Gasteiger partial charge in [-0.15, -0.1) is 0 Å². The number of nitrogens with zero attached hydrogens (tertiary/aromatic N) is 2. The second-order valence-corrected chi connectivity index (χ2v) is 3.14. The highest BCUT2D eigenvalue weighted by atomic mass is 16.5. The van der Waals surface area contributed by atoms with E-state index in [1.54, 1.807) is 36.7 Å². The fourth-order valence-corrected chi connectivity index (χ4v) is 1.11. The zero-order chi connectivity index (χ0) is 10.7. The normalized spacial score (nSPS) is 9.93. The first-order valence-corrected chi connectivity index (χ1v) is 4.56. The van der Waals surface area contributed by atoms with Gasteiger partial charge in [0.15, 0.2) is 5.75 Å². The van der Waals surface area contributed by atoms with Crippen LogP contribution in [0.25, 0.3) is 0 Å². The van der Waals surface area contributed by atoms with Gasteiger partial charge in [0.05, 0.1) is 12.4 Å². The topological polar surface area (TPSA) is 61.0 Å². The molecule has 1 aromatic heterocycles. The van der Waals surface area contributed by atoms with E-state index < -0.39 is 0 Å². The predicted molar refractivity (Wildman–Crippen MR) is 57.7 cm³/mol. The van der Waals surface area contributed by atoms with Crippen molar-refractivity contribution in [3.63, 3.8) is 0 Å². The predicted octanol–water partition coefficient (Wildman–Crippen LogP) is 2.16. The largest absolute Gasteiger partial charge is 0.454 e. The Kier molecular flexibility index (Phi) is 2.49. The minimum atomic E-state index is 0.616. The zero-order valence-electron chi connectivity index (χ0n) is 8.34. The van der Waals surface area contributed by atoms with E-state index in [2.05, 4.69) is 9.97 Å². The van der Waals surface area contributed by atoms with E-state index in [0.717, 1.165) is 11.6 Å². The van der Waals surface area contributed by atoms with E-state index in [9.17, 15) is 0 Å². The summed E-state index contributed by atoms with van der Waals surface area (Å²) in [5.74, 6) is 2.06. The quantitative estimate of drug-likeness (QED) is 0.756. The Morgan fingerprint density at radius 1 is 1.00 bits per heavy atom. The highest BCUT2D eigenvalue weighted by Crippen LogP contribution is 2.20. The number of nitrogen functional groups attached to an aromatic ring is 1. The van der Waals surface area contributed by atoms with Crippen molar-refractivity contribution < 1.29 is 4.74 Å². The lowest BCUT2D eigenvalue weighted by Crippen LogP contribution is -1.90. The van der Waals surface area contributed by atoms with Crippen LogP contribution >= 0.6 is 0 Å². The highest BCUT2D eigenvalue weighted by molar-refractivity contribution is 5.42. The Morgan fingerprint density at radius 2 is 1.60 bits per heavy atom. The third-order valence-electron chi connectivity index (χ3n) is 1.87. The van der Waals surface area contributed by atoms with Crippen LogP contribution in [0.2, 0.25) is 0 Å². The van der Waals surface area contributed by atoms with Gasteiger partial charge in [-0.2, -0.15) is 0 Å². The maximum Gasteiger partial charge on any atom is 0.164 e. The number of rotatable bonds is 2. The summed E-state index contributed by atoms with van der Waals surface area (Å²) >= 11 is 0. The molecule has 0 radical (unpaired) electrons. The molecule has 0 saturated carbocycles. The number of hydrogen-bond donors (Lipinski definition) is 1. The maximum atomic E-state index is 5.56. The molecular weight excluding hydrogens is 190 g/mol. The summed E-state index contributed by atoms with van der Waals surface area (Å²) in [6, 6.07) is 7.17. The lowest BCUT2D eigenvalue weighted by molar-refractivity contribution is 0.477. The van der Waals surface area contributed by atoms with Crippen LogP contribution in [-0.2, 0) is 0 Å². The van der Waals surface area contributed by atoms with E-state index in [1.165, 1.54) is 0 Å². The molecule has 4 nitrogen and oxygen atoms in total. The van der Waals surface area contributed by atoms with Crippen molar-refractivity contribution in [2.75, 3.05) is 5.73 Å². The van der Waals surface area contributed by atoms with Crippen LogP contribution in [0.1, 0.15) is 5.82 Å². The van der Waals surface area contributed by atoms with Crippen LogP contribution in [0, 0.1) is 6.92 Å².